The van der Waals surface area contributed by atoms with E-state index in [2.05, 4.69) is 9.47 Å². The molecule has 0 saturated carbocycles. The minimum absolute atomic E-state index is 0.117. The first-order chi connectivity index (χ1) is 9.47. The Kier molecular flexibility index (Phi) is 5.70. The molecule has 0 bridgehead atoms. The zero-order valence-electron chi connectivity index (χ0n) is 11.2. The summed E-state index contributed by atoms with van der Waals surface area (Å²) in [7, 11) is 0. The van der Waals surface area contributed by atoms with Crippen molar-refractivity contribution in [3.63, 3.8) is 0 Å². The smallest absolute Gasteiger partial charge is 0.508 e. The van der Waals surface area contributed by atoms with Crippen LogP contribution in [0.4, 0.5) is 9.59 Å². The van der Waals surface area contributed by atoms with Gasteiger partial charge in [0.1, 0.15) is 11.5 Å². The average molecular weight is 288 g/mol. The quantitative estimate of drug-likeness (QED) is 0.759. The number of hydrogen-bond donors (Lipinski definition) is 2. The first-order valence-electron chi connectivity index (χ1n) is 5.99. The lowest BCUT2D eigenvalue weighted by Gasteiger charge is -2.18. The Morgan fingerprint density at radius 2 is 1.25 bits per heavy atom. The third kappa shape index (κ3) is 4.38. The standard InChI is InChI=1S/C12H16O8/c1-3-17-11(15)19-9-5-8(14)10(6-7(9)13)20-12(16)18-4-2/h13-14H,3-6H2,1-2H3. The van der Waals surface area contributed by atoms with Crippen molar-refractivity contribution in [2.75, 3.05) is 13.2 Å². The largest absolute Gasteiger partial charge is 0.513 e. The highest BCUT2D eigenvalue weighted by Gasteiger charge is 2.26. The predicted octanol–water partition coefficient (Wildman–Crippen LogP) is 2.67. The van der Waals surface area contributed by atoms with Gasteiger partial charge in [-0.25, -0.2) is 9.59 Å². The average Bonchev–Trinajstić information content (AvgIpc) is 2.36. The maximum Gasteiger partial charge on any atom is 0.513 e. The molecule has 0 aromatic carbocycles. The van der Waals surface area contributed by atoms with Gasteiger partial charge in [-0.1, -0.05) is 0 Å². The van der Waals surface area contributed by atoms with Gasteiger partial charge in [0.25, 0.3) is 0 Å². The third-order valence-electron chi connectivity index (χ3n) is 2.24. The molecule has 20 heavy (non-hydrogen) atoms. The summed E-state index contributed by atoms with van der Waals surface area (Å²) >= 11 is 0. The summed E-state index contributed by atoms with van der Waals surface area (Å²) in [5, 5.41) is 19.4. The van der Waals surface area contributed by atoms with Gasteiger partial charge >= 0.3 is 12.3 Å². The molecule has 0 spiro atoms. The van der Waals surface area contributed by atoms with Crippen LogP contribution < -0.4 is 0 Å². The van der Waals surface area contributed by atoms with Crippen LogP contribution in [-0.2, 0) is 18.9 Å². The number of carbonyl (C=O) groups is 2. The van der Waals surface area contributed by atoms with Crippen molar-refractivity contribution >= 4 is 12.3 Å². The van der Waals surface area contributed by atoms with E-state index < -0.39 is 12.3 Å². The Morgan fingerprint density at radius 3 is 1.55 bits per heavy atom. The van der Waals surface area contributed by atoms with Crippen LogP contribution in [-0.4, -0.2) is 35.7 Å². The minimum atomic E-state index is -0.989. The number of rotatable bonds is 4. The number of aliphatic hydroxyl groups is 2. The van der Waals surface area contributed by atoms with E-state index in [9.17, 15) is 19.8 Å². The summed E-state index contributed by atoms with van der Waals surface area (Å²) in [6.07, 6.45) is -2.56. The van der Waals surface area contributed by atoms with Crippen LogP contribution in [0.25, 0.3) is 0 Å². The maximum absolute atomic E-state index is 11.1. The first-order valence-corrected chi connectivity index (χ1v) is 5.99. The summed E-state index contributed by atoms with van der Waals surface area (Å²) in [5.41, 5.74) is 0. The lowest BCUT2D eigenvalue weighted by molar-refractivity contribution is 0.0636. The van der Waals surface area contributed by atoms with Gasteiger partial charge in [-0.05, 0) is 13.8 Å². The minimum Gasteiger partial charge on any atom is -0.508 e. The molecule has 112 valence electrons. The lowest BCUT2D eigenvalue weighted by atomic mass is 10.1. The van der Waals surface area contributed by atoms with Crippen molar-refractivity contribution in [2.45, 2.75) is 26.7 Å². The van der Waals surface area contributed by atoms with Gasteiger partial charge in [-0.2, -0.15) is 0 Å². The second-order valence-electron chi connectivity index (χ2n) is 3.66. The number of carbonyl (C=O) groups excluding carboxylic acids is 2. The van der Waals surface area contributed by atoms with Gasteiger partial charge < -0.3 is 29.2 Å². The summed E-state index contributed by atoms with van der Waals surface area (Å²) < 4.78 is 18.5. The molecule has 0 aromatic heterocycles. The predicted molar refractivity (Wildman–Crippen MR) is 64.8 cm³/mol. The molecule has 8 heteroatoms. The maximum atomic E-state index is 11.1. The molecule has 0 saturated heterocycles. The molecule has 0 heterocycles. The normalized spacial score (nSPS) is 14.9. The van der Waals surface area contributed by atoms with Crippen LogP contribution in [0, 0.1) is 0 Å². The molecule has 0 amide bonds. The van der Waals surface area contributed by atoms with E-state index >= 15 is 0 Å². The van der Waals surface area contributed by atoms with Gasteiger partial charge in [-0.15, -0.1) is 0 Å². The molecule has 1 aliphatic rings. The van der Waals surface area contributed by atoms with E-state index in [0.29, 0.717) is 0 Å². The zero-order chi connectivity index (χ0) is 15.1. The van der Waals surface area contributed by atoms with Crippen molar-refractivity contribution in [1.29, 1.82) is 0 Å². The van der Waals surface area contributed by atoms with Crippen LogP contribution in [0.3, 0.4) is 0 Å². The zero-order valence-corrected chi connectivity index (χ0v) is 11.2. The van der Waals surface area contributed by atoms with Crippen molar-refractivity contribution in [3.05, 3.63) is 23.0 Å². The van der Waals surface area contributed by atoms with E-state index in [-0.39, 0.29) is 49.1 Å². The fraction of sp³-hybridized carbons (Fsp3) is 0.500. The van der Waals surface area contributed by atoms with Crippen LogP contribution in [0.2, 0.25) is 0 Å². The number of aliphatic hydroxyl groups excluding tert-OH is 2. The molecule has 1 rings (SSSR count). The number of hydrogen-bond acceptors (Lipinski definition) is 8. The second-order valence-corrected chi connectivity index (χ2v) is 3.66. The molecular weight excluding hydrogens is 272 g/mol. The Labute approximate surface area is 115 Å². The topological polar surface area (TPSA) is 112 Å². The van der Waals surface area contributed by atoms with Gasteiger partial charge in [0.2, 0.25) is 0 Å². The van der Waals surface area contributed by atoms with E-state index in [1.807, 2.05) is 0 Å². The molecule has 0 aromatic rings. The van der Waals surface area contributed by atoms with Crippen LogP contribution in [0.1, 0.15) is 26.7 Å². The van der Waals surface area contributed by atoms with E-state index in [4.69, 9.17) is 9.47 Å². The first kappa shape index (κ1) is 15.7. The summed E-state index contributed by atoms with van der Waals surface area (Å²) in [5.74, 6) is -0.986. The van der Waals surface area contributed by atoms with Gasteiger partial charge in [0.15, 0.2) is 11.5 Å². The highest BCUT2D eigenvalue weighted by atomic mass is 16.7. The van der Waals surface area contributed by atoms with Gasteiger partial charge in [0.05, 0.1) is 26.1 Å². The van der Waals surface area contributed by atoms with Gasteiger partial charge in [-0.3, -0.25) is 0 Å². The highest BCUT2D eigenvalue weighted by molar-refractivity contribution is 5.63. The second kappa shape index (κ2) is 7.27. The molecular formula is C12H16O8. The molecule has 0 fully saturated rings. The van der Waals surface area contributed by atoms with E-state index in [1.165, 1.54) is 0 Å². The van der Waals surface area contributed by atoms with Crippen molar-refractivity contribution in [2.24, 2.45) is 0 Å². The molecule has 1 aliphatic carbocycles. The Hall–Kier alpha value is -2.38. The molecule has 0 unspecified atom stereocenters. The third-order valence-corrected chi connectivity index (χ3v) is 2.24. The SMILES string of the molecule is CCOC(=O)OC1=C(O)CC(OC(=O)OCC)=C(O)C1. The Bertz CT molecular complexity index is 406. The fourth-order valence-corrected chi connectivity index (χ4v) is 1.39. The summed E-state index contributed by atoms with van der Waals surface area (Å²) in [6.45, 7) is 3.43. The highest BCUT2D eigenvalue weighted by Crippen LogP contribution is 2.29. The number of ether oxygens (including phenoxy) is 4. The van der Waals surface area contributed by atoms with E-state index in [1.54, 1.807) is 13.8 Å². The molecule has 2 N–H and O–H groups in total. The van der Waals surface area contributed by atoms with Crippen molar-refractivity contribution in [1.82, 2.24) is 0 Å². The summed E-state index contributed by atoms with van der Waals surface area (Å²) in [4.78, 5) is 22.2. The summed E-state index contributed by atoms with van der Waals surface area (Å²) in [6, 6.07) is 0. The molecule has 8 nitrogen and oxygen atoms in total. The fourth-order valence-electron chi connectivity index (χ4n) is 1.39. The molecule has 0 aliphatic heterocycles. The monoisotopic (exact) mass is 288 g/mol. The molecule has 0 radical (unpaired) electrons. The van der Waals surface area contributed by atoms with Crippen LogP contribution >= 0.6 is 0 Å². The molecule has 0 atom stereocenters. The van der Waals surface area contributed by atoms with Gasteiger partial charge in [0, 0.05) is 0 Å². The van der Waals surface area contributed by atoms with Crippen molar-refractivity contribution < 1.29 is 38.7 Å². The van der Waals surface area contributed by atoms with E-state index in [0.717, 1.165) is 0 Å². The van der Waals surface area contributed by atoms with Crippen LogP contribution in [0.5, 0.6) is 0 Å². The lowest BCUT2D eigenvalue weighted by Crippen LogP contribution is -2.16. The Morgan fingerprint density at radius 1 is 0.900 bits per heavy atom. The van der Waals surface area contributed by atoms with Crippen LogP contribution in [0.15, 0.2) is 23.0 Å². The van der Waals surface area contributed by atoms with Crippen molar-refractivity contribution in [3.8, 4) is 0 Å². The Balaban J connectivity index is 2.66.